The van der Waals surface area contributed by atoms with Gasteiger partial charge in [0.15, 0.2) is 0 Å². The number of carbonyl (C=O) groups is 1. The minimum atomic E-state index is -0.283. The number of hydrogen-bond donors (Lipinski definition) is 1. The number of rotatable bonds is 4. The summed E-state index contributed by atoms with van der Waals surface area (Å²) >= 11 is 0. The molecule has 0 saturated carbocycles. The number of imidazole rings is 1. The average molecular weight is 367 g/mol. The molecule has 6 heteroatoms. The molecular formula is C21H22FN3O2. The summed E-state index contributed by atoms with van der Waals surface area (Å²) in [6.45, 7) is 0.822. The molecule has 27 heavy (non-hydrogen) atoms. The van der Waals surface area contributed by atoms with Crippen LogP contribution in [0.5, 0.6) is 0 Å². The van der Waals surface area contributed by atoms with Gasteiger partial charge >= 0.3 is 0 Å². The highest BCUT2D eigenvalue weighted by Gasteiger charge is 2.27. The molecule has 1 aliphatic rings. The van der Waals surface area contributed by atoms with Crippen molar-refractivity contribution in [1.82, 2.24) is 14.3 Å². The van der Waals surface area contributed by atoms with Crippen LogP contribution < -0.4 is 0 Å². The molecule has 3 heterocycles. The molecule has 1 aliphatic heterocycles. The lowest BCUT2D eigenvalue weighted by molar-refractivity contribution is 0.0574. The number of fused-ring (bicyclic) bond motifs is 1. The largest absolute Gasteiger partial charge is 0.396 e. The third kappa shape index (κ3) is 3.57. The standard InChI is InChI=1S/C21H22FN3O2/c22-17-7-4-15(5-8-17)19-14-24-13-16(6-9-20(24)23-19)21(27)25-11-2-1-3-18(25)10-12-26/h4-9,13-14,18,26H,1-3,10-12H2/t18-/m0/s1. The van der Waals surface area contributed by atoms with E-state index >= 15 is 0 Å². The molecule has 0 radical (unpaired) electrons. The molecule has 1 saturated heterocycles. The maximum Gasteiger partial charge on any atom is 0.255 e. The quantitative estimate of drug-likeness (QED) is 0.768. The number of carbonyl (C=O) groups excluding carboxylic acids is 1. The van der Waals surface area contributed by atoms with Gasteiger partial charge in [0.2, 0.25) is 0 Å². The Labute approximate surface area is 157 Å². The maximum atomic E-state index is 13.1. The van der Waals surface area contributed by atoms with Crippen molar-refractivity contribution in [3.05, 3.63) is 60.2 Å². The predicted octanol–water partition coefficient (Wildman–Crippen LogP) is 3.52. The Morgan fingerprint density at radius 1 is 1.15 bits per heavy atom. The summed E-state index contributed by atoms with van der Waals surface area (Å²) in [5.41, 5.74) is 2.90. The van der Waals surface area contributed by atoms with Gasteiger partial charge in [-0.3, -0.25) is 4.79 Å². The van der Waals surface area contributed by atoms with Gasteiger partial charge in [-0.2, -0.15) is 0 Å². The molecule has 4 rings (SSSR count). The molecule has 0 aliphatic carbocycles. The second-order valence-electron chi connectivity index (χ2n) is 6.98. The van der Waals surface area contributed by atoms with Crippen LogP contribution in [0.1, 0.15) is 36.0 Å². The van der Waals surface area contributed by atoms with E-state index in [4.69, 9.17) is 0 Å². The topological polar surface area (TPSA) is 57.8 Å². The Morgan fingerprint density at radius 3 is 2.74 bits per heavy atom. The normalized spacial score (nSPS) is 17.4. The Morgan fingerprint density at radius 2 is 1.96 bits per heavy atom. The molecule has 1 amide bonds. The molecule has 1 atom stereocenters. The summed E-state index contributed by atoms with van der Waals surface area (Å²) < 4.78 is 15.0. The first-order valence-corrected chi connectivity index (χ1v) is 9.32. The van der Waals surface area contributed by atoms with Gasteiger partial charge in [0.1, 0.15) is 11.5 Å². The van der Waals surface area contributed by atoms with Crippen molar-refractivity contribution in [2.24, 2.45) is 0 Å². The van der Waals surface area contributed by atoms with Crippen molar-refractivity contribution in [3.8, 4) is 11.3 Å². The third-order valence-electron chi connectivity index (χ3n) is 5.19. The molecule has 1 fully saturated rings. The van der Waals surface area contributed by atoms with Crippen molar-refractivity contribution in [1.29, 1.82) is 0 Å². The number of benzene rings is 1. The van der Waals surface area contributed by atoms with Crippen LogP contribution in [0.3, 0.4) is 0 Å². The molecule has 140 valence electrons. The number of aliphatic hydroxyl groups excluding tert-OH is 1. The first-order chi connectivity index (χ1) is 13.2. The van der Waals surface area contributed by atoms with Crippen LogP contribution in [0.25, 0.3) is 16.9 Å². The number of piperidine rings is 1. The second kappa shape index (κ2) is 7.48. The summed E-state index contributed by atoms with van der Waals surface area (Å²) in [6.07, 6.45) is 7.29. The lowest BCUT2D eigenvalue weighted by Gasteiger charge is -2.35. The second-order valence-corrected chi connectivity index (χ2v) is 6.98. The van der Waals surface area contributed by atoms with Crippen molar-refractivity contribution in [2.75, 3.05) is 13.2 Å². The average Bonchev–Trinajstić information content (AvgIpc) is 3.12. The van der Waals surface area contributed by atoms with E-state index in [1.807, 2.05) is 21.6 Å². The summed E-state index contributed by atoms with van der Waals surface area (Å²) in [7, 11) is 0. The van der Waals surface area contributed by atoms with Gasteiger partial charge in [0, 0.05) is 37.2 Å². The Hall–Kier alpha value is -2.73. The highest BCUT2D eigenvalue weighted by atomic mass is 19.1. The molecule has 0 bridgehead atoms. The number of nitrogens with zero attached hydrogens (tertiary/aromatic N) is 3. The summed E-state index contributed by atoms with van der Waals surface area (Å²) in [6, 6.07) is 9.92. The zero-order valence-electron chi connectivity index (χ0n) is 15.0. The first-order valence-electron chi connectivity index (χ1n) is 9.32. The number of likely N-dealkylation sites (tertiary alicyclic amines) is 1. The van der Waals surface area contributed by atoms with Crippen LogP contribution in [0.2, 0.25) is 0 Å². The van der Waals surface area contributed by atoms with E-state index in [1.165, 1.54) is 12.1 Å². The van der Waals surface area contributed by atoms with Crippen molar-refractivity contribution >= 4 is 11.6 Å². The smallest absolute Gasteiger partial charge is 0.255 e. The highest BCUT2D eigenvalue weighted by Crippen LogP contribution is 2.23. The number of aromatic nitrogens is 2. The van der Waals surface area contributed by atoms with E-state index in [2.05, 4.69) is 4.98 Å². The lowest BCUT2D eigenvalue weighted by Crippen LogP contribution is -2.44. The van der Waals surface area contributed by atoms with E-state index in [0.717, 1.165) is 42.7 Å². The van der Waals surface area contributed by atoms with E-state index in [0.29, 0.717) is 12.0 Å². The number of pyridine rings is 1. The number of halogens is 1. The Bertz CT molecular complexity index is 950. The van der Waals surface area contributed by atoms with Crippen molar-refractivity contribution < 1.29 is 14.3 Å². The zero-order valence-corrected chi connectivity index (χ0v) is 15.0. The highest BCUT2D eigenvalue weighted by molar-refractivity contribution is 5.94. The fraction of sp³-hybridized carbons (Fsp3) is 0.333. The molecular weight excluding hydrogens is 345 g/mol. The van der Waals surface area contributed by atoms with E-state index < -0.39 is 0 Å². The van der Waals surface area contributed by atoms with Gasteiger partial charge in [-0.1, -0.05) is 0 Å². The van der Waals surface area contributed by atoms with Gasteiger partial charge in [-0.15, -0.1) is 0 Å². The summed E-state index contributed by atoms with van der Waals surface area (Å²) in [5, 5.41) is 9.28. The van der Waals surface area contributed by atoms with E-state index in [1.54, 1.807) is 24.4 Å². The van der Waals surface area contributed by atoms with Gasteiger partial charge < -0.3 is 14.4 Å². The van der Waals surface area contributed by atoms with Crippen molar-refractivity contribution in [2.45, 2.75) is 31.7 Å². The Balaban J connectivity index is 1.62. The third-order valence-corrected chi connectivity index (χ3v) is 5.19. The molecule has 1 aromatic carbocycles. The van der Waals surface area contributed by atoms with Crippen molar-refractivity contribution in [3.63, 3.8) is 0 Å². The molecule has 5 nitrogen and oxygen atoms in total. The molecule has 2 aromatic heterocycles. The van der Waals surface area contributed by atoms with E-state index in [-0.39, 0.29) is 24.4 Å². The minimum Gasteiger partial charge on any atom is -0.396 e. The van der Waals surface area contributed by atoms with Crippen LogP contribution in [-0.4, -0.2) is 44.5 Å². The minimum absolute atomic E-state index is 0.00733. The summed E-state index contributed by atoms with van der Waals surface area (Å²) in [5.74, 6) is -0.290. The monoisotopic (exact) mass is 367 g/mol. The summed E-state index contributed by atoms with van der Waals surface area (Å²) in [4.78, 5) is 19.5. The van der Waals surface area contributed by atoms with Gasteiger partial charge in [-0.25, -0.2) is 9.37 Å². The van der Waals surface area contributed by atoms with Gasteiger partial charge in [0.25, 0.3) is 5.91 Å². The number of amides is 1. The Kier molecular flexibility index (Phi) is 4.90. The molecule has 1 N–H and O–H groups in total. The fourth-order valence-corrected chi connectivity index (χ4v) is 3.76. The predicted molar refractivity (Wildman–Crippen MR) is 101 cm³/mol. The van der Waals surface area contributed by atoms with Crippen LogP contribution in [-0.2, 0) is 0 Å². The first kappa shape index (κ1) is 17.7. The van der Waals surface area contributed by atoms with Crippen LogP contribution in [0.4, 0.5) is 4.39 Å². The number of aliphatic hydroxyl groups is 1. The van der Waals surface area contributed by atoms with Gasteiger partial charge in [0.05, 0.1) is 11.3 Å². The van der Waals surface area contributed by atoms with Crippen LogP contribution in [0.15, 0.2) is 48.8 Å². The lowest BCUT2D eigenvalue weighted by atomic mass is 9.98. The van der Waals surface area contributed by atoms with Crippen LogP contribution in [0, 0.1) is 5.82 Å². The SMILES string of the molecule is O=C(c1ccc2nc(-c3ccc(F)cc3)cn2c1)N1CCCC[C@H]1CCO. The van der Waals surface area contributed by atoms with Gasteiger partial charge in [-0.05, 0) is 62.1 Å². The van der Waals surface area contributed by atoms with Crippen LogP contribution >= 0.6 is 0 Å². The maximum absolute atomic E-state index is 13.1. The number of hydrogen-bond acceptors (Lipinski definition) is 3. The fourth-order valence-electron chi connectivity index (χ4n) is 3.76. The molecule has 3 aromatic rings. The molecule has 0 spiro atoms. The van der Waals surface area contributed by atoms with E-state index in [9.17, 15) is 14.3 Å². The molecule has 0 unspecified atom stereocenters. The zero-order chi connectivity index (χ0) is 18.8.